The van der Waals surface area contributed by atoms with Gasteiger partial charge < -0.3 is 4.90 Å². The van der Waals surface area contributed by atoms with Crippen molar-refractivity contribution in [3.05, 3.63) is 69.3 Å². The van der Waals surface area contributed by atoms with E-state index in [-0.39, 0.29) is 17.1 Å². The van der Waals surface area contributed by atoms with Gasteiger partial charge in [0, 0.05) is 30.4 Å². The minimum atomic E-state index is -0.542. The predicted octanol–water partition coefficient (Wildman–Crippen LogP) is 4.78. The van der Waals surface area contributed by atoms with Crippen LogP contribution in [0.15, 0.2) is 47.4 Å². The van der Waals surface area contributed by atoms with Gasteiger partial charge in [0.25, 0.3) is 11.1 Å². The summed E-state index contributed by atoms with van der Waals surface area (Å²) in [6.45, 7) is -0.187. The zero-order valence-electron chi connectivity index (χ0n) is 14.2. The Labute approximate surface area is 160 Å². The van der Waals surface area contributed by atoms with Crippen molar-refractivity contribution in [1.82, 2.24) is 4.90 Å². The monoisotopic (exact) mass is 390 g/mol. The van der Waals surface area contributed by atoms with E-state index in [9.17, 15) is 14.0 Å². The van der Waals surface area contributed by atoms with Crippen LogP contribution in [-0.4, -0.2) is 30.1 Å². The third-order valence-electron chi connectivity index (χ3n) is 3.96. The number of hydrogen-bond donors (Lipinski definition) is 0. The number of amides is 2. The van der Waals surface area contributed by atoms with Crippen LogP contribution in [0.25, 0.3) is 6.08 Å². The van der Waals surface area contributed by atoms with E-state index in [2.05, 4.69) is 0 Å². The van der Waals surface area contributed by atoms with Crippen LogP contribution in [0.3, 0.4) is 0 Å². The summed E-state index contributed by atoms with van der Waals surface area (Å²) in [4.78, 5) is 28.1. The Morgan fingerprint density at radius 2 is 1.85 bits per heavy atom. The second kappa shape index (κ2) is 7.51. The summed E-state index contributed by atoms with van der Waals surface area (Å²) >= 11 is 6.84. The fourth-order valence-electron chi connectivity index (χ4n) is 2.50. The summed E-state index contributed by atoms with van der Waals surface area (Å²) in [6.07, 6.45) is 1.66. The maximum Gasteiger partial charge on any atom is 0.293 e. The maximum absolute atomic E-state index is 13.9. The molecule has 26 heavy (non-hydrogen) atoms. The van der Waals surface area contributed by atoms with Crippen molar-refractivity contribution < 1.29 is 14.0 Å². The molecular weight excluding hydrogens is 375 g/mol. The van der Waals surface area contributed by atoms with Gasteiger partial charge in [-0.15, -0.1) is 0 Å². The molecule has 1 aliphatic rings. The van der Waals surface area contributed by atoms with E-state index < -0.39 is 17.0 Å². The number of rotatable bonds is 4. The van der Waals surface area contributed by atoms with Crippen LogP contribution in [-0.2, 0) is 11.3 Å². The third-order valence-corrected chi connectivity index (χ3v) is 5.22. The Hall–Kier alpha value is -2.31. The van der Waals surface area contributed by atoms with E-state index in [1.165, 1.54) is 18.2 Å². The molecule has 1 saturated heterocycles. The summed E-state index contributed by atoms with van der Waals surface area (Å²) in [5.41, 5.74) is 1.97. The molecule has 0 bridgehead atoms. The molecule has 2 aromatic carbocycles. The topological polar surface area (TPSA) is 40.6 Å². The maximum atomic E-state index is 13.9. The lowest BCUT2D eigenvalue weighted by atomic mass is 10.1. The number of benzene rings is 2. The number of halogens is 2. The largest absolute Gasteiger partial charge is 0.378 e. The molecule has 3 rings (SSSR count). The van der Waals surface area contributed by atoms with Crippen LogP contribution in [0.4, 0.5) is 14.9 Å². The molecule has 4 nitrogen and oxygen atoms in total. The molecule has 1 aliphatic heterocycles. The first-order chi connectivity index (χ1) is 12.4. The summed E-state index contributed by atoms with van der Waals surface area (Å²) < 4.78 is 13.9. The van der Waals surface area contributed by atoms with E-state index in [4.69, 9.17) is 11.6 Å². The Morgan fingerprint density at radius 1 is 1.15 bits per heavy atom. The highest BCUT2D eigenvalue weighted by atomic mass is 35.5. The number of carbonyl (C=O) groups excluding carboxylic acids is 2. The molecule has 134 valence electrons. The normalized spacial score (nSPS) is 15.8. The lowest BCUT2D eigenvalue weighted by Crippen LogP contribution is -2.28. The number of carbonyl (C=O) groups is 2. The summed E-state index contributed by atoms with van der Waals surface area (Å²) in [6, 6.07) is 11.9. The van der Waals surface area contributed by atoms with E-state index in [0.29, 0.717) is 4.91 Å². The quantitative estimate of drug-likeness (QED) is 0.704. The van der Waals surface area contributed by atoms with Gasteiger partial charge in [-0.1, -0.05) is 29.8 Å². The molecule has 0 aromatic heterocycles. The van der Waals surface area contributed by atoms with Crippen LogP contribution in [0.1, 0.15) is 11.1 Å². The molecule has 0 aliphatic carbocycles. The van der Waals surface area contributed by atoms with Crippen LogP contribution in [0, 0.1) is 5.82 Å². The van der Waals surface area contributed by atoms with Crippen molar-refractivity contribution in [2.75, 3.05) is 19.0 Å². The molecule has 1 fully saturated rings. The van der Waals surface area contributed by atoms with E-state index in [0.717, 1.165) is 27.9 Å². The standard InChI is InChI=1S/C19H16ClFN2O2S/c1-22(2)13-8-6-12(7-9-13)10-17-18(24)23(19(25)26-17)11-14-15(20)4-3-5-16(14)21/h3-10H,11H2,1-2H3. The number of anilines is 1. The van der Waals surface area contributed by atoms with Crippen LogP contribution in [0.5, 0.6) is 0 Å². The van der Waals surface area contributed by atoms with Gasteiger partial charge in [0.1, 0.15) is 5.82 Å². The number of thioether (sulfide) groups is 1. The molecular formula is C19H16ClFN2O2S. The number of hydrogen-bond acceptors (Lipinski definition) is 4. The Bertz CT molecular complexity index is 877. The number of nitrogens with zero attached hydrogens (tertiary/aromatic N) is 2. The molecule has 0 N–H and O–H groups in total. The lowest BCUT2D eigenvalue weighted by molar-refractivity contribution is -0.123. The smallest absolute Gasteiger partial charge is 0.293 e. The second-order valence-corrected chi connectivity index (χ2v) is 7.35. The van der Waals surface area contributed by atoms with Gasteiger partial charge in [0.05, 0.1) is 11.4 Å². The second-order valence-electron chi connectivity index (χ2n) is 5.95. The van der Waals surface area contributed by atoms with Crippen molar-refractivity contribution in [2.24, 2.45) is 0 Å². The fourth-order valence-corrected chi connectivity index (χ4v) is 3.56. The van der Waals surface area contributed by atoms with Crippen molar-refractivity contribution in [1.29, 1.82) is 0 Å². The van der Waals surface area contributed by atoms with Crippen LogP contribution in [0.2, 0.25) is 5.02 Å². The Balaban J connectivity index is 1.82. The third kappa shape index (κ3) is 3.76. The average Bonchev–Trinajstić information content (AvgIpc) is 2.85. The van der Waals surface area contributed by atoms with Gasteiger partial charge in [0.2, 0.25) is 0 Å². The molecule has 1 heterocycles. The lowest BCUT2D eigenvalue weighted by Gasteiger charge is -2.14. The minimum Gasteiger partial charge on any atom is -0.378 e. The van der Waals surface area contributed by atoms with Crippen LogP contribution >= 0.6 is 23.4 Å². The number of imide groups is 1. The van der Waals surface area contributed by atoms with Crippen LogP contribution < -0.4 is 4.90 Å². The SMILES string of the molecule is CN(C)c1ccc(C=C2SC(=O)N(Cc3c(F)cccc3Cl)C2=O)cc1. The van der Waals surface area contributed by atoms with Crippen molar-refractivity contribution >= 4 is 46.3 Å². The highest BCUT2D eigenvalue weighted by molar-refractivity contribution is 8.18. The highest BCUT2D eigenvalue weighted by Crippen LogP contribution is 2.34. The summed E-state index contributed by atoms with van der Waals surface area (Å²) in [5, 5.41) is -0.252. The molecule has 0 unspecified atom stereocenters. The van der Waals surface area contributed by atoms with E-state index in [1.807, 2.05) is 43.3 Å². The molecule has 7 heteroatoms. The van der Waals surface area contributed by atoms with E-state index >= 15 is 0 Å². The van der Waals surface area contributed by atoms with Gasteiger partial charge >= 0.3 is 0 Å². The van der Waals surface area contributed by atoms with E-state index in [1.54, 1.807) is 6.08 Å². The zero-order chi connectivity index (χ0) is 18.8. The predicted molar refractivity (Wildman–Crippen MR) is 104 cm³/mol. The minimum absolute atomic E-state index is 0.132. The van der Waals surface area contributed by atoms with Crippen molar-refractivity contribution in [3.8, 4) is 0 Å². The Morgan fingerprint density at radius 3 is 2.46 bits per heavy atom. The Kier molecular flexibility index (Phi) is 5.34. The zero-order valence-corrected chi connectivity index (χ0v) is 15.8. The van der Waals surface area contributed by atoms with Crippen molar-refractivity contribution in [2.45, 2.75) is 6.54 Å². The molecule has 0 atom stereocenters. The van der Waals surface area contributed by atoms with Gasteiger partial charge in [-0.3, -0.25) is 14.5 Å². The fraction of sp³-hybridized carbons (Fsp3) is 0.158. The summed E-state index contributed by atoms with van der Waals surface area (Å²) in [7, 11) is 3.88. The molecule has 0 radical (unpaired) electrons. The highest BCUT2D eigenvalue weighted by Gasteiger charge is 2.35. The van der Waals surface area contributed by atoms with Gasteiger partial charge in [-0.25, -0.2) is 4.39 Å². The first-order valence-electron chi connectivity index (χ1n) is 7.82. The molecule has 0 spiro atoms. The van der Waals surface area contributed by atoms with Gasteiger partial charge in [-0.05, 0) is 47.7 Å². The first kappa shape index (κ1) is 18.5. The van der Waals surface area contributed by atoms with Crippen molar-refractivity contribution in [3.63, 3.8) is 0 Å². The average molecular weight is 391 g/mol. The summed E-state index contributed by atoms with van der Waals surface area (Å²) in [5.74, 6) is -0.990. The van der Waals surface area contributed by atoms with Gasteiger partial charge in [-0.2, -0.15) is 0 Å². The molecule has 2 amide bonds. The van der Waals surface area contributed by atoms with Gasteiger partial charge in [0.15, 0.2) is 0 Å². The first-order valence-corrected chi connectivity index (χ1v) is 9.02. The molecule has 2 aromatic rings. The molecule has 0 saturated carbocycles.